The molecule has 4 atom stereocenters. The lowest BCUT2D eigenvalue weighted by atomic mass is 9.97. The van der Waals surface area contributed by atoms with Gasteiger partial charge in [0.05, 0.1) is 6.61 Å². The van der Waals surface area contributed by atoms with Crippen LogP contribution in [0.5, 0.6) is 0 Å². The van der Waals surface area contributed by atoms with Crippen molar-refractivity contribution in [3.05, 3.63) is 27.4 Å². The van der Waals surface area contributed by atoms with Crippen LogP contribution in [0, 0.1) is 4.77 Å². The predicted molar refractivity (Wildman–Crippen MR) is 101 cm³/mol. The van der Waals surface area contributed by atoms with Crippen LogP contribution in [0.3, 0.4) is 0 Å². The maximum atomic E-state index is 14.2. The summed E-state index contributed by atoms with van der Waals surface area (Å²) in [5.41, 5.74) is -1.80. The fourth-order valence-electron chi connectivity index (χ4n) is 3.05. The van der Waals surface area contributed by atoms with Crippen LogP contribution < -0.4 is 5.56 Å². The van der Waals surface area contributed by atoms with Crippen molar-refractivity contribution in [1.82, 2.24) is 9.55 Å². The van der Waals surface area contributed by atoms with Gasteiger partial charge in [-0.1, -0.05) is 26.7 Å². The second kappa shape index (κ2) is 10.4. The van der Waals surface area contributed by atoms with E-state index in [0.29, 0.717) is 13.2 Å². The van der Waals surface area contributed by atoms with E-state index in [4.69, 9.17) is 26.4 Å². The molecule has 0 amide bonds. The van der Waals surface area contributed by atoms with Crippen LogP contribution in [-0.4, -0.2) is 59.0 Å². The highest BCUT2D eigenvalue weighted by Crippen LogP contribution is 2.40. The van der Waals surface area contributed by atoms with Crippen LogP contribution in [0.1, 0.15) is 45.8 Å². The summed E-state index contributed by atoms with van der Waals surface area (Å²) in [5.74, 6) is 0. The Labute approximate surface area is 163 Å². The molecule has 1 aliphatic rings. The third kappa shape index (κ3) is 5.23. The van der Waals surface area contributed by atoms with Crippen molar-refractivity contribution in [2.24, 2.45) is 0 Å². The number of unbranched alkanes of at least 4 members (excludes halogenated alkanes) is 2. The number of nitrogens with zero attached hydrogens (tertiary/aromatic N) is 1. The number of hydrogen-bond acceptors (Lipinski definition) is 6. The Hall–Kier alpha value is -1.13. The molecule has 0 saturated carbocycles. The molecule has 2 N–H and O–H groups in total. The molecule has 0 radical (unpaired) electrons. The summed E-state index contributed by atoms with van der Waals surface area (Å²) in [7, 11) is 0. The molecule has 9 heteroatoms. The SMILES string of the molecule is CCCCOC[C@@]1(CF)OC(n2ccc(=O)[nH]c2=S)[C@H](O)[C@@H]1OCCCC. The average molecular weight is 405 g/mol. The van der Waals surface area contributed by atoms with Gasteiger partial charge in [-0.3, -0.25) is 14.3 Å². The van der Waals surface area contributed by atoms with Crippen LogP contribution in [0.2, 0.25) is 0 Å². The fourth-order valence-corrected chi connectivity index (χ4v) is 3.31. The summed E-state index contributed by atoms with van der Waals surface area (Å²) in [5, 5.41) is 10.8. The molecule has 0 aliphatic carbocycles. The zero-order chi connectivity index (χ0) is 19.9. The molecule has 1 saturated heterocycles. The van der Waals surface area contributed by atoms with E-state index in [0.717, 1.165) is 25.7 Å². The van der Waals surface area contributed by atoms with Gasteiger partial charge in [0.2, 0.25) is 0 Å². The molecule has 7 nitrogen and oxygen atoms in total. The summed E-state index contributed by atoms with van der Waals surface area (Å²) in [4.78, 5) is 13.9. The van der Waals surface area contributed by atoms with E-state index >= 15 is 0 Å². The second-order valence-corrected chi connectivity index (χ2v) is 7.15. The van der Waals surface area contributed by atoms with Crippen LogP contribution in [0.15, 0.2) is 17.1 Å². The van der Waals surface area contributed by atoms with E-state index in [-0.39, 0.29) is 16.9 Å². The van der Waals surface area contributed by atoms with Gasteiger partial charge in [0.15, 0.2) is 16.6 Å². The van der Waals surface area contributed by atoms with Gasteiger partial charge in [0.25, 0.3) is 5.56 Å². The number of aliphatic hydroxyl groups is 1. The van der Waals surface area contributed by atoms with E-state index in [9.17, 15) is 14.3 Å². The number of alkyl halides is 1. The Kier molecular flexibility index (Phi) is 8.56. The molecule has 1 aliphatic heterocycles. The summed E-state index contributed by atoms with van der Waals surface area (Å²) in [6, 6.07) is 1.27. The van der Waals surface area contributed by atoms with Gasteiger partial charge >= 0.3 is 0 Å². The first kappa shape index (κ1) is 22.2. The summed E-state index contributed by atoms with van der Waals surface area (Å²) >= 11 is 5.16. The minimum Gasteiger partial charge on any atom is -0.386 e. The highest BCUT2D eigenvalue weighted by Gasteiger charge is 2.56. The van der Waals surface area contributed by atoms with Crippen molar-refractivity contribution < 1.29 is 23.7 Å². The number of ether oxygens (including phenoxy) is 3. The third-order valence-electron chi connectivity index (χ3n) is 4.61. The Morgan fingerprint density at radius 2 is 2.07 bits per heavy atom. The number of nitrogens with one attached hydrogen (secondary N) is 1. The molecular weight excluding hydrogens is 375 g/mol. The quantitative estimate of drug-likeness (QED) is 0.435. The van der Waals surface area contributed by atoms with Crippen molar-refractivity contribution in [2.45, 2.75) is 63.6 Å². The van der Waals surface area contributed by atoms with Gasteiger partial charge < -0.3 is 19.3 Å². The average Bonchev–Trinajstić information content (AvgIpc) is 2.92. The van der Waals surface area contributed by atoms with Gasteiger partial charge in [0, 0.05) is 25.5 Å². The predicted octanol–water partition coefficient (Wildman–Crippen LogP) is 2.51. The van der Waals surface area contributed by atoms with Gasteiger partial charge in [0.1, 0.15) is 18.9 Å². The lowest BCUT2D eigenvalue weighted by Gasteiger charge is -2.31. The van der Waals surface area contributed by atoms with Crippen molar-refractivity contribution in [1.29, 1.82) is 0 Å². The van der Waals surface area contributed by atoms with Crippen LogP contribution in [0.25, 0.3) is 0 Å². The van der Waals surface area contributed by atoms with Crippen LogP contribution in [-0.2, 0) is 14.2 Å². The van der Waals surface area contributed by atoms with E-state index in [1.807, 2.05) is 13.8 Å². The molecule has 1 unspecified atom stereocenters. The molecule has 0 spiro atoms. The smallest absolute Gasteiger partial charge is 0.251 e. The number of aromatic amines is 1. The molecule has 0 bridgehead atoms. The highest BCUT2D eigenvalue weighted by molar-refractivity contribution is 7.71. The summed E-state index contributed by atoms with van der Waals surface area (Å²) in [6.45, 7) is 3.99. The monoisotopic (exact) mass is 404 g/mol. The van der Waals surface area contributed by atoms with Gasteiger partial charge in [-0.2, -0.15) is 0 Å². The van der Waals surface area contributed by atoms with Gasteiger partial charge in [-0.15, -0.1) is 0 Å². The summed E-state index contributed by atoms with van der Waals surface area (Å²) in [6.07, 6.45) is 1.87. The molecular formula is C18H29FN2O5S. The first-order chi connectivity index (χ1) is 13.0. The number of rotatable bonds is 11. The standard InChI is InChI=1S/C18H29FN2O5S/c1-3-5-9-24-12-18(11-19)15(25-10-6-4-2)14(23)16(26-18)21-8-7-13(22)20-17(21)27/h7-8,14-16,23H,3-6,9-12H2,1-2H3,(H,20,22,27)/t14-,15+,16?,18-/m1/s1. The van der Waals surface area contributed by atoms with E-state index in [1.165, 1.54) is 16.8 Å². The van der Waals surface area contributed by atoms with Gasteiger partial charge in [-0.25, -0.2) is 4.39 Å². The number of halogens is 1. The number of H-pyrrole nitrogens is 1. The second-order valence-electron chi connectivity index (χ2n) is 6.77. The molecule has 1 fully saturated rings. The Morgan fingerprint density at radius 3 is 2.70 bits per heavy atom. The normalized spacial score (nSPS) is 27.9. The molecule has 2 rings (SSSR count). The molecule has 27 heavy (non-hydrogen) atoms. The zero-order valence-corrected chi connectivity index (χ0v) is 16.7. The first-order valence-electron chi connectivity index (χ1n) is 9.41. The van der Waals surface area contributed by atoms with Crippen molar-refractivity contribution in [3.63, 3.8) is 0 Å². The van der Waals surface area contributed by atoms with Gasteiger partial charge in [-0.05, 0) is 25.1 Å². The Bertz CT molecular complexity index is 697. The third-order valence-corrected chi connectivity index (χ3v) is 4.92. The van der Waals surface area contributed by atoms with Crippen molar-refractivity contribution in [3.8, 4) is 0 Å². The topological polar surface area (TPSA) is 85.7 Å². The Morgan fingerprint density at radius 1 is 1.37 bits per heavy atom. The largest absolute Gasteiger partial charge is 0.386 e. The maximum absolute atomic E-state index is 14.2. The highest BCUT2D eigenvalue weighted by atomic mass is 32.1. The van der Waals surface area contributed by atoms with Crippen molar-refractivity contribution >= 4 is 12.2 Å². The van der Waals surface area contributed by atoms with E-state index < -0.39 is 30.7 Å². The number of aliphatic hydroxyl groups excluding tert-OH is 1. The molecule has 1 aromatic heterocycles. The molecule has 1 aromatic rings. The maximum Gasteiger partial charge on any atom is 0.251 e. The zero-order valence-electron chi connectivity index (χ0n) is 15.9. The van der Waals surface area contributed by atoms with E-state index in [1.54, 1.807) is 0 Å². The minimum absolute atomic E-state index is 0.0372. The number of aromatic nitrogens is 2. The van der Waals surface area contributed by atoms with E-state index in [2.05, 4.69) is 4.98 Å². The van der Waals surface area contributed by atoms with Crippen molar-refractivity contribution in [2.75, 3.05) is 26.5 Å². The molecule has 154 valence electrons. The van der Waals surface area contributed by atoms with Crippen LogP contribution >= 0.6 is 12.2 Å². The lowest BCUT2D eigenvalue weighted by Crippen LogP contribution is -2.50. The summed E-state index contributed by atoms with van der Waals surface area (Å²) < 4.78 is 33.0. The minimum atomic E-state index is -1.43. The molecule has 2 heterocycles. The first-order valence-corrected chi connectivity index (χ1v) is 9.82. The Balaban J connectivity index is 2.27. The lowest BCUT2D eigenvalue weighted by molar-refractivity contribution is -0.160. The molecule has 0 aromatic carbocycles. The van der Waals surface area contributed by atoms with Crippen LogP contribution in [0.4, 0.5) is 4.39 Å². The fraction of sp³-hybridized carbons (Fsp3) is 0.778. The number of hydrogen-bond donors (Lipinski definition) is 2.